The monoisotopic (exact) mass is 405 g/mol. The Kier molecular flexibility index (Phi) is 7.33. The summed E-state index contributed by atoms with van der Waals surface area (Å²) in [5.74, 6) is 2.18. The predicted molar refractivity (Wildman–Crippen MR) is 119 cm³/mol. The molecular formula is C25H27NO4. The summed E-state index contributed by atoms with van der Waals surface area (Å²) < 4.78 is 16.0. The Hall–Kier alpha value is -3.47. The normalized spacial score (nSPS) is 10.4. The number of methoxy groups -OCH3 is 3. The molecule has 0 atom stereocenters. The smallest absolute Gasteiger partial charge is 0.231 e. The quantitative estimate of drug-likeness (QED) is 0.525. The molecule has 0 N–H and O–H groups in total. The summed E-state index contributed by atoms with van der Waals surface area (Å²) in [5, 5.41) is 0. The second kappa shape index (κ2) is 10.3. The number of hydrogen-bond donors (Lipinski definition) is 0. The highest BCUT2D eigenvalue weighted by atomic mass is 16.5. The molecule has 5 nitrogen and oxygen atoms in total. The average molecular weight is 405 g/mol. The highest BCUT2D eigenvalue weighted by molar-refractivity contribution is 5.94. The third-order valence-electron chi connectivity index (χ3n) is 4.96. The summed E-state index contributed by atoms with van der Waals surface area (Å²) in [7, 11) is 4.87. The third kappa shape index (κ3) is 5.32. The van der Waals surface area contributed by atoms with Gasteiger partial charge >= 0.3 is 0 Å². The minimum absolute atomic E-state index is 0.0480. The standard InChI is InChI=1S/C25H27NO4/c1-28-22-12-10-21(11-13-22)26(25(27)18-19-7-5-4-6-8-19)16-15-20-9-14-23(29-2)24(17-20)30-3/h4-14,17H,15-16,18H2,1-3H3. The molecule has 0 spiro atoms. The molecule has 5 heteroatoms. The lowest BCUT2D eigenvalue weighted by molar-refractivity contribution is -0.118. The largest absolute Gasteiger partial charge is 0.497 e. The van der Waals surface area contributed by atoms with Gasteiger partial charge in [0.15, 0.2) is 11.5 Å². The first-order valence-corrected chi connectivity index (χ1v) is 9.84. The first kappa shape index (κ1) is 21.2. The van der Waals surface area contributed by atoms with E-state index in [1.54, 1.807) is 21.3 Å². The number of anilines is 1. The SMILES string of the molecule is COc1ccc(N(CCc2ccc(OC)c(OC)c2)C(=O)Cc2ccccc2)cc1. The van der Waals surface area contributed by atoms with Crippen LogP contribution in [0.25, 0.3) is 0 Å². The molecule has 0 aromatic heterocycles. The number of ether oxygens (including phenoxy) is 3. The van der Waals surface area contributed by atoms with E-state index in [1.807, 2.05) is 77.7 Å². The van der Waals surface area contributed by atoms with E-state index in [0.717, 1.165) is 22.6 Å². The lowest BCUT2D eigenvalue weighted by atomic mass is 10.1. The third-order valence-corrected chi connectivity index (χ3v) is 4.96. The van der Waals surface area contributed by atoms with Crippen LogP contribution in [-0.2, 0) is 17.6 Å². The minimum atomic E-state index is 0.0480. The Labute approximate surface area is 177 Å². The maximum Gasteiger partial charge on any atom is 0.231 e. The van der Waals surface area contributed by atoms with Crippen molar-refractivity contribution >= 4 is 11.6 Å². The van der Waals surface area contributed by atoms with Gasteiger partial charge in [0.25, 0.3) is 0 Å². The molecule has 3 aromatic rings. The van der Waals surface area contributed by atoms with Crippen LogP contribution in [0.2, 0.25) is 0 Å². The molecule has 3 aromatic carbocycles. The molecule has 30 heavy (non-hydrogen) atoms. The molecule has 0 radical (unpaired) electrons. The molecule has 0 heterocycles. The molecule has 156 valence electrons. The predicted octanol–water partition coefficient (Wildman–Crippen LogP) is 4.53. The van der Waals surface area contributed by atoms with Gasteiger partial charge in [-0.3, -0.25) is 4.79 Å². The van der Waals surface area contributed by atoms with Gasteiger partial charge in [0.05, 0.1) is 27.8 Å². The van der Waals surface area contributed by atoms with Crippen molar-refractivity contribution in [3.05, 3.63) is 83.9 Å². The van der Waals surface area contributed by atoms with Crippen LogP contribution in [0.4, 0.5) is 5.69 Å². The zero-order valence-electron chi connectivity index (χ0n) is 17.6. The number of carbonyl (C=O) groups excluding carboxylic acids is 1. The molecule has 1 amide bonds. The van der Waals surface area contributed by atoms with Gasteiger partial charge in [0, 0.05) is 12.2 Å². The van der Waals surface area contributed by atoms with E-state index in [0.29, 0.717) is 30.9 Å². The van der Waals surface area contributed by atoms with Crippen LogP contribution >= 0.6 is 0 Å². The van der Waals surface area contributed by atoms with E-state index in [9.17, 15) is 4.79 Å². The summed E-state index contributed by atoms with van der Waals surface area (Å²) in [6, 6.07) is 23.2. The minimum Gasteiger partial charge on any atom is -0.497 e. The Bertz CT molecular complexity index is 955. The van der Waals surface area contributed by atoms with Crippen LogP contribution in [0.1, 0.15) is 11.1 Å². The van der Waals surface area contributed by atoms with Crippen LogP contribution in [-0.4, -0.2) is 33.8 Å². The van der Waals surface area contributed by atoms with Gasteiger partial charge in [-0.05, 0) is 53.9 Å². The van der Waals surface area contributed by atoms with Crippen LogP contribution in [0, 0.1) is 0 Å². The van der Waals surface area contributed by atoms with Gasteiger partial charge in [-0.2, -0.15) is 0 Å². The summed E-state index contributed by atoms with van der Waals surface area (Å²) in [5.41, 5.74) is 2.91. The molecule has 3 rings (SSSR count). The maximum atomic E-state index is 13.2. The number of rotatable bonds is 9. The lowest BCUT2D eigenvalue weighted by Crippen LogP contribution is -2.34. The summed E-state index contributed by atoms with van der Waals surface area (Å²) >= 11 is 0. The van der Waals surface area contributed by atoms with Crippen molar-refractivity contribution in [3.8, 4) is 17.2 Å². The molecule has 0 saturated carbocycles. The average Bonchev–Trinajstić information content (AvgIpc) is 2.80. The van der Waals surface area contributed by atoms with Crippen LogP contribution in [0.3, 0.4) is 0 Å². The number of hydrogen-bond acceptors (Lipinski definition) is 4. The van der Waals surface area contributed by atoms with Crippen molar-refractivity contribution < 1.29 is 19.0 Å². The van der Waals surface area contributed by atoms with Crippen molar-refractivity contribution in [2.24, 2.45) is 0 Å². The number of carbonyl (C=O) groups is 1. The van der Waals surface area contributed by atoms with Crippen LogP contribution in [0.15, 0.2) is 72.8 Å². The molecule has 0 bridgehead atoms. The fourth-order valence-electron chi connectivity index (χ4n) is 3.30. The molecule has 0 fully saturated rings. The van der Waals surface area contributed by atoms with Crippen LogP contribution < -0.4 is 19.1 Å². The molecule has 0 saturated heterocycles. The van der Waals surface area contributed by atoms with Crippen molar-refractivity contribution in [3.63, 3.8) is 0 Å². The van der Waals surface area contributed by atoms with Gasteiger partial charge in [-0.25, -0.2) is 0 Å². The van der Waals surface area contributed by atoms with Crippen LogP contribution in [0.5, 0.6) is 17.2 Å². The number of amides is 1. The fraction of sp³-hybridized carbons (Fsp3) is 0.240. The first-order valence-electron chi connectivity index (χ1n) is 9.84. The van der Waals surface area contributed by atoms with Gasteiger partial charge in [0.1, 0.15) is 5.75 Å². The van der Waals surface area contributed by atoms with E-state index >= 15 is 0 Å². The van der Waals surface area contributed by atoms with E-state index < -0.39 is 0 Å². The summed E-state index contributed by atoms with van der Waals surface area (Å²) in [6.45, 7) is 0.549. The van der Waals surface area contributed by atoms with Crippen molar-refractivity contribution in [1.29, 1.82) is 0 Å². The molecule has 0 aliphatic carbocycles. The van der Waals surface area contributed by atoms with E-state index in [1.165, 1.54) is 0 Å². The van der Waals surface area contributed by atoms with Crippen molar-refractivity contribution in [2.75, 3.05) is 32.8 Å². The van der Waals surface area contributed by atoms with Gasteiger partial charge in [0.2, 0.25) is 5.91 Å². The van der Waals surface area contributed by atoms with E-state index in [2.05, 4.69) is 0 Å². The lowest BCUT2D eigenvalue weighted by Gasteiger charge is -2.23. The summed E-state index contributed by atoms with van der Waals surface area (Å²) in [6.07, 6.45) is 1.03. The Morgan fingerprint density at radius 1 is 0.767 bits per heavy atom. The van der Waals surface area contributed by atoms with Gasteiger partial charge in [-0.1, -0.05) is 36.4 Å². The zero-order chi connectivity index (χ0) is 21.3. The first-order chi connectivity index (χ1) is 14.6. The van der Waals surface area contributed by atoms with E-state index in [4.69, 9.17) is 14.2 Å². The maximum absolute atomic E-state index is 13.2. The van der Waals surface area contributed by atoms with Crippen molar-refractivity contribution in [2.45, 2.75) is 12.8 Å². The summed E-state index contributed by atoms with van der Waals surface area (Å²) in [4.78, 5) is 15.0. The van der Waals surface area contributed by atoms with E-state index in [-0.39, 0.29) is 5.91 Å². The second-order valence-corrected chi connectivity index (χ2v) is 6.85. The molecule has 0 aliphatic rings. The Morgan fingerprint density at radius 3 is 2.10 bits per heavy atom. The topological polar surface area (TPSA) is 48.0 Å². The Morgan fingerprint density at radius 2 is 1.47 bits per heavy atom. The fourth-order valence-corrected chi connectivity index (χ4v) is 3.30. The molecule has 0 unspecified atom stereocenters. The molecule has 0 aliphatic heterocycles. The van der Waals surface area contributed by atoms with Crippen molar-refractivity contribution in [1.82, 2.24) is 0 Å². The zero-order valence-corrected chi connectivity index (χ0v) is 17.6. The highest BCUT2D eigenvalue weighted by Gasteiger charge is 2.17. The molecular weight excluding hydrogens is 378 g/mol. The number of benzene rings is 3. The van der Waals surface area contributed by atoms with Gasteiger partial charge < -0.3 is 19.1 Å². The number of nitrogens with zero attached hydrogens (tertiary/aromatic N) is 1. The second-order valence-electron chi connectivity index (χ2n) is 6.85. The Balaban J connectivity index is 1.80. The van der Waals surface area contributed by atoms with Gasteiger partial charge in [-0.15, -0.1) is 0 Å². The highest BCUT2D eigenvalue weighted by Crippen LogP contribution is 2.28.